The molecule has 0 aliphatic carbocycles. The van der Waals surface area contributed by atoms with Crippen LogP contribution in [-0.2, 0) is 4.74 Å². The molecule has 0 aromatic heterocycles. The van der Waals surface area contributed by atoms with Crippen LogP contribution in [-0.4, -0.2) is 16.8 Å². The molecule has 2 unspecified atom stereocenters. The number of aliphatic hydroxyl groups is 1. The van der Waals surface area contributed by atoms with Crippen molar-refractivity contribution in [3.05, 3.63) is 70.2 Å². The number of ether oxygens (including phenoxy) is 1. The zero-order chi connectivity index (χ0) is 18.6. The van der Waals surface area contributed by atoms with Gasteiger partial charge in [-0.3, -0.25) is 0 Å². The van der Waals surface area contributed by atoms with E-state index in [9.17, 15) is 9.90 Å². The van der Waals surface area contributed by atoms with Crippen LogP contribution >= 0.6 is 11.6 Å². The van der Waals surface area contributed by atoms with Gasteiger partial charge in [0.2, 0.25) is 0 Å². The Morgan fingerprint density at radius 1 is 1.12 bits per heavy atom. The number of rotatable bonds is 4. The lowest BCUT2D eigenvalue weighted by Gasteiger charge is -2.27. The summed E-state index contributed by atoms with van der Waals surface area (Å²) in [5.74, 6) is 0. The Morgan fingerprint density at radius 3 is 2.32 bits per heavy atom. The first-order valence-corrected chi connectivity index (χ1v) is 8.53. The normalized spacial score (nSPS) is 13.8. The van der Waals surface area contributed by atoms with Crippen LogP contribution in [0.25, 0.3) is 0 Å². The second kappa shape index (κ2) is 7.89. The lowest BCUT2D eigenvalue weighted by Crippen LogP contribution is -2.37. The third kappa shape index (κ3) is 5.76. The van der Waals surface area contributed by atoms with E-state index < -0.39 is 23.8 Å². The quantitative estimate of drug-likeness (QED) is 0.810. The van der Waals surface area contributed by atoms with Crippen molar-refractivity contribution < 1.29 is 14.6 Å². The van der Waals surface area contributed by atoms with Gasteiger partial charge in [0, 0.05) is 5.02 Å². The summed E-state index contributed by atoms with van der Waals surface area (Å²) in [6.07, 6.45) is -1.51. The number of hydrogen-bond donors (Lipinski definition) is 2. The highest BCUT2D eigenvalue weighted by atomic mass is 35.5. The summed E-state index contributed by atoms with van der Waals surface area (Å²) >= 11 is 5.95. The van der Waals surface area contributed by atoms with E-state index in [1.807, 2.05) is 31.2 Å². The van der Waals surface area contributed by atoms with Crippen LogP contribution < -0.4 is 5.32 Å². The van der Waals surface area contributed by atoms with E-state index in [-0.39, 0.29) is 0 Å². The van der Waals surface area contributed by atoms with Gasteiger partial charge in [-0.05, 0) is 51.0 Å². The maximum atomic E-state index is 12.2. The van der Waals surface area contributed by atoms with Crippen molar-refractivity contribution in [3.63, 3.8) is 0 Å². The fourth-order valence-corrected chi connectivity index (χ4v) is 2.62. The summed E-state index contributed by atoms with van der Waals surface area (Å²) in [6, 6.07) is 13.9. The number of alkyl carbamates (subject to hydrolysis) is 1. The smallest absolute Gasteiger partial charge is 0.408 e. The van der Waals surface area contributed by atoms with Gasteiger partial charge in [0.25, 0.3) is 0 Å². The Bertz CT molecular complexity index is 722. The van der Waals surface area contributed by atoms with Crippen molar-refractivity contribution >= 4 is 17.7 Å². The van der Waals surface area contributed by atoms with Gasteiger partial charge >= 0.3 is 6.09 Å². The molecule has 134 valence electrons. The van der Waals surface area contributed by atoms with Gasteiger partial charge in [0.05, 0.1) is 6.04 Å². The summed E-state index contributed by atoms with van der Waals surface area (Å²) in [6.45, 7) is 7.33. The minimum atomic E-state index is -0.923. The number of hydrogen-bond acceptors (Lipinski definition) is 3. The van der Waals surface area contributed by atoms with Gasteiger partial charge in [-0.25, -0.2) is 4.79 Å². The molecule has 1 amide bonds. The summed E-state index contributed by atoms with van der Waals surface area (Å²) in [4.78, 5) is 12.2. The Hall–Kier alpha value is -2.04. The Balaban J connectivity index is 2.31. The molecular weight excluding hydrogens is 338 g/mol. The number of aliphatic hydroxyl groups excluding tert-OH is 1. The number of benzene rings is 2. The summed E-state index contributed by atoms with van der Waals surface area (Å²) < 4.78 is 5.34. The highest BCUT2D eigenvalue weighted by Gasteiger charge is 2.27. The van der Waals surface area contributed by atoms with Gasteiger partial charge < -0.3 is 15.2 Å². The average Bonchev–Trinajstić information content (AvgIpc) is 2.51. The van der Waals surface area contributed by atoms with Crippen LogP contribution in [0.1, 0.15) is 49.6 Å². The van der Waals surface area contributed by atoms with Crippen molar-refractivity contribution in [2.75, 3.05) is 0 Å². The van der Waals surface area contributed by atoms with E-state index in [0.717, 1.165) is 16.7 Å². The predicted octanol–water partition coefficient (Wildman–Crippen LogP) is 4.95. The maximum Gasteiger partial charge on any atom is 0.408 e. The first-order valence-electron chi connectivity index (χ1n) is 8.15. The standard InChI is InChI=1S/C20H24ClNO3/c1-13-6-5-7-15(12-13)18(23)17(14-8-10-16(21)11-9-14)22-19(24)25-20(2,3)4/h5-12,17-18,23H,1-4H3,(H,22,24). The molecule has 2 N–H and O–H groups in total. The van der Waals surface area contributed by atoms with Crippen LogP contribution in [0.15, 0.2) is 48.5 Å². The molecule has 0 radical (unpaired) electrons. The molecule has 0 spiro atoms. The first kappa shape index (κ1) is 19.3. The van der Waals surface area contributed by atoms with Gasteiger partial charge in [-0.2, -0.15) is 0 Å². The lowest BCUT2D eigenvalue weighted by atomic mass is 9.95. The largest absolute Gasteiger partial charge is 0.444 e. The fourth-order valence-electron chi connectivity index (χ4n) is 2.50. The van der Waals surface area contributed by atoms with Crippen molar-refractivity contribution in [3.8, 4) is 0 Å². The molecule has 0 aliphatic heterocycles. The topological polar surface area (TPSA) is 58.6 Å². The first-order chi connectivity index (χ1) is 11.7. The molecule has 0 aliphatic rings. The number of amides is 1. The zero-order valence-corrected chi connectivity index (χ0v) is 15.7. The third-order valence-electron chi connectivity index (χ3n) is 3.60. The predicted molar refractivity (Wildman–Crippen MR) is 99.7 cm³/mol. The average molecular weight is 362 g/mol. The number of carbonyl (C=O) groups excluding carboxylic acids is 1. The second-order valence-electron chi connectivity index (χ2n) is 7.03. The molecule has 5 heteroatoms. The lowest BCUT2D eigenvalue weighted by molar-refractivity contribution is 0.0419. The van der Waals surface area contributed by atoms with Crippen molar-refractivity contribution in [1.82, 2.24) is 5.32 Å². The zero-order valence-electron chi connectivity index (χ0n) is 14.9. The minimum absolute atomic E-state index is 0.584. The van der Waals surface area contributed by atoms with Crippen LogP contribution in [0.4, 0.5) is 4.79 Å². The number of aryl methyl sites for hydroxylation is 1. The molecule has 0 saturated heterocycles. The van der Waals surface area contributed by atoms with Crippen molar-refractivity contribution in [2.24, 2.45) is 0 Å². The molecule has 2 rings (SSSR count). The highest BCUT2D eigenvalue weighted by molar-refractivity contribution is 6.30. The van der Waals surface area contributed by atoms with E-state index in [2.05, 4.69) is 5.32 Å². The van der Waals surface area contributed by atoms with E-state index >= 15 is 0 Å². The molecule has 0 heterocycles. The molecular formula is C20H24ClNO3. The van der Waals surface area contributed by atoms with Gasteiger partial charge in [0.15, 0.2) is 0 Å². The second-order valence-corrected chi connectivity index (χ2v) is 7.47. The summed E-state index contributed by atoms with van der Waals surface area (Å²) in [5, 5.41) is 14.2. The molecule has 0 saturated carbocycles. The third-order valence-corrected chi connectivity index (χ3v) is 3.85. The van der Waals surface area contributed by atoms with Gasteiger partial charge in [0.1, 0.15) is 11.7 Å². The van der Waals surface area contributed by atoms with Crippen LogP contribution in [0.3, 0.4) is 0 Å². The van der Waals surface area contributed by atoms with Crippen molar-refractivity contribution in [2.45, 2.75) is 45.4 Å². The molecule has 0 fully saturated rings. The number of halogens is 1. The maximum absolute atomic E-state index is 12.2. The van der Waals surface area contributed by atoms with Crippen molar-refractivity contribution in [1.29, 1.82) is 0 Å². The molecule has 25 heavy (non-hydrogen) atoms. The van der Waals surface area contributed by atoms with Crippen LogP contribution in [0.2, 0.25) is 5.02 Å². The molecule has 0 bridgehead atoms. The SMILES string of the molecule is Cc1cccc(C(O)C(NC(=O)OC(C)(C)C)c2ccc(Cl)cc2)c1. The molecule has 2 atom stereocenters. The molecule has 4 nitrogen and oxygen atoms in total. The van der Waals surface area contributed by atoms with Gasteiger partial charge in [-0.15, -0.1) is 0 Å². The fraction of sp³-hybridized carbons (Fsp3) is 0.350. The number of nitrogens with one attached hydrogen (secondary N) is 1. The Labute approximate surface area is 153 Å². The van der Waals surface area contributed by atoms with E-state index in [4.69, 9.17) is 16.3 Å². The molecule has 2 aromatic carbocycles. The van der Waals surface area contributed by atoms with E-state index in [0.29, 0.717) is 5.02 Å². The summed E-state index contributed by atoms with van der Waals surface area (Å²) in [5.41, 5.74) is 1.87. The van der Waals surface area contributed by atoms with Crippen LogP contribution in [0, 0.1) is 6.92 Å². The summed E-state index contributed by atoms with van der Waals surface area (Å²) in [7, 11) is 0. The monoisotopic (exact) mass is 361 g/mol. The Morgan fingerprint density at radius 2 is 1.76 bits per heavy atom. The molecule has 2 aromatic rings. The van der Waals surface area contributed by atoms with E-state index in [1.54, 1.807) is 45.0 Å². The number of carbonyl (C=O) groups is 1. The Kier molecular flexibility index (Phi) is 6.09. The van der Waals surface area contributed by atoms with E-state index in [1.165, 1.54) is 0 Å². The van der Waals surface area contributed by atoms with Crippen LogP contribution in [0.5, 0.6) is 0 Å². The van der Waals surface area contributed by atoms with Gasteiger partial charge in [-0.1, -0.05) is 53.6 Å². The highest BCUT2D eigenvalue weighted by Crippen LogP contribution is 2.30. The minimum Gasteiger partial charge on any atom is -0.444 e.